The molecule has 6 rings (SSSR count). The average Bonchev–Trinajstić information content (AvgIpc) is 3.21. The van der Waals surface area contributed by atoms with Crippen LogP contribution in [0.5, 0.6) is 0 Å². The van der Waals surface area contributed by atoms with E-state index < -0.39 is 0 Å². The number of alkyl halides is 1. The highest BCUT2D eigenvalue weighted by Gasteiger charge is 2.25. The van der Waals surface area contributed by atoms with Crippen molar-refractivity contribution in [3.05, 3.63) is 47.2 Å². The first kappa shape index (κ1) is 26.1. The summed E-state index contributed by atoms with van der Waals surface area (Å²) in [7, 11) is 0. The van der Waals surface area contributed by atoms with Crippen molar-refractivity contribution in [2.45, 2.75) is 30.4 Å². The molecule has 12 heteroatoms. The first-order valence-corrected chi connectivity index (χ1v) is 14.5. The molecule has 3 aliphatic rings. The van der Waals surface area contributed by atoms with Gasteiger partial charge >= 0.3 is 0 Å². The molecule has 0 N–H and O–H groups in total. The molecule has 0 spiro atoms. The fraction of sp³-hybridized carbons (Fsp3) is 0.429. The smallest absolute Gasteiger partial charge is 0.114 e. The van der Waals surface area contributed by atoms with Crippen molar-refractivity contribution in [2.75, 3.05) is 26.4 Å². The van der Waals surface area contributed by atoms with Gasteiger partial charge < -0.3 is 9.47 Å². The molecule has 0 amide bonds. The van der Waals surface area contributed by atoms with Gasteiger partial charge in [0.1, 0.15) is 20.2 Å². The van der Waals surface area contributed by atoms with Crippen LogP contribution >= 0.6 is 86.3 Å². The topological polar surface area (TPSA) is 74.4 Å². The van der Waals surface area contributed by atoms with Crippen LogP contribution in [0.15, 0.2) is 35.3 Å². The highest BCUT2D eigenvalue weighted by atomic mass is 127. The van der Waals surface area contributed by atoms with E-state index in [0.29, 0.717) is 6.04 Å². The predicted molar refractivity (Wildman–Crippen MR) is 152 cm³/mol. The van der Waals surface area contributed by atoms with E-state index in [0.717, 1.165) is 83.2 Å². The molecule has 33 heavy (non-hydrogen) atoms. The average molecular weight is 821 g/mol. The van der Waals surface area contributed by atoms with E-state index in [1.54, 1.807) is 0 Å². The fourth-order valence-corrected chi connectivity index (χ4v) is 6.33. The van der Waals surface area contributed by atoms with Crippen molar-refractivity contribution in [3.63, 3.8) is 0 Å². The van der Waals surface area contributed by atoms with Crippen LogP contribution in [0.4, 0.5) is 0 Å². The van der Waals surface area contributed by atoms with Crippen LogP contribution in [0.1, 0.15) is 29.9 Å². The summed E-state index contributed by atoms with van der Waals surface area (Å²) >= 11 is 16.2. The Morgan fingerprint density at radius 1 is 0.939 bits per heavy atom. The van der Waals surface area contributed by atoms with E-state index in [1.807, 2.05) is 30.7 Å². The number of pyridine rings is 2. The number of ether oxygens (including phenoxy) is 2. The maximum Gasteiger partial charge on any atom is 0.114 e. The van der Waals surface area contributed by atoms with Gasteiger partial charge in [-0.25, -0.2) is 9.97 Å². The number of nitrogens with zero attached hydrogens (tertiary/aromatic N) is 5. The third-order valence-electron chi connectivity index (χ3n) is 5.16. The van der Waals surface area contributed by atoms with E-state index in [1.165, 1.54) is 5.56 Å². The van der Waals surface area contributed by atoms with Gasteiger partial charge in [0.05, 0.1) is 60.0 Å². The summed E-state index contributed by atoms with van der Waals surface area (Å²) in [6.45, 7) is 8.13. The van der Waals surface area contributed by atoms with E-state index in [4.69, 9.17) is 9.47 Å². The van der Waals surface area contributed by atoms with Crippen LogP contribution in [-0.4, -0.2) is 55.8 Å². The number of hydrogen-bond donors (Lipinski definition) is 0. The van der Waals surface area contributed by atoms with Crippen LogP contribution in [0.3, 0.4) is 0 Å². The molecule has 0 aromatic carbocycles. The maximum atomic E-state index is 5.21. The summed E-state index contributed by atoms with van der Waals surface area (Å²) in [5, 5.41) is 4.54. The zero-order valence-electron chi connectivity index (χ0n) is 17.8. The summed E-state index contributed by atoms with van der Waals surface area (Å²) in [5.74, 6) is 0. The van der Waals surface area contributed by atoms with Gasteiger partial charge in [-0.2, -0.15) is 5.10 Å². The number of rotatable bonds is 1. The van der Waals surface area contributed by atoms with Crippen molar-refractivity contribution >= 4 is 103 Å². The largest absolute Gasteiger partial charge is 0.379 e. The number of aliphatic imine (C=N–C) groups is 1. The van der Waals surface area contributed by atoms with Crippen LogP contribution in [-0.2, 0) is 16.0 Å². The first-order chi connectivity index (χ1) is 15.7. The fourth-order valence-electron chi connectivity index (χ4n) is 3.28. The zero-order chi connectivity index (χ0) is 23.7. The van der Waals surface area contributed by atoms with E-state index in [-0.39, 0.29) is 0 Å². The summed E-state index contributed by atoms with van der Waals surface area (Å²) in [4.78, 5) is 13.1. The lowest BCUT2D eigenvalue weighted by Crippen LogP contribution is -2.31. The molecule has 3 aromatic rings. The molecule has 0 atom stereocenters. The van der Waals surface area contributed by atoms with Gasteiger partial charge in [0, 0.05) is 14.5 Å². The minimum atomic E-state index is 0.343. The second kappa shape index (κ2) is 11.4. The van der Waals surface area contributed by atoms with Crippen molar-refractivity contribution < 1.29 is 9.47 Å². The van der Waals surface area contributed by atoms with Gasteiger partial charge in [-0.15, -0.1) is 0 Å². The highest BCUT2D eigenvalue weighted by Crippen LogP contribution is 2.31. The van der Waals surface area contributed by atoms with E-state index in [9.17, 15) is 0 Å². The first-order valence-electron chi connectivity index (χ1n) is 10.1. The molecule has 176 valence electrons. The van der Waals surface area contributed by atoms with Gasteiger partial charge in [0.2, 0.25) is 0 Å². The zero-order valence-corrected chi connectivity index (χ0v) is 26.3. The quantitative estimate of drug-likeness (QED) is 0.158. The minimum Gasteiger partial charge on any atom is -0.379 e. The Balaban J connectivity index is 0.000000134. The molecule has 0 radical (unpaired) electrons. The Bertz CT molecular complexity index is 1210. The van der Waals surface area contributed by atoms with Crippen LogP contribution in [0.2, 0.25) is 0 Å². The van der Waals surface area contributed by atoms with Gasteiger partial charge in [-0.05, 0) is 73.8 Å². The number of aromatic nitrogens is 4. The molecule has 6 heterocycles. The second-order valence-corrected chi connectivity index (χ2v) is 12.7. The van der Waals surface area contributed by atoms with Crippen molar-refractivity contribution in [3.8, 4) is 0 Å². The van der Waals surface area contributed by atoms with Gasteiger partial charge in [-0.3, -0.25) is 9.67 Å². The predicted octanol–water partition coefficient (Wildman–Crippen LogP) is 6.59. The van der Waals surface area contributed by atoms with Crippen LogP contribution in [0.25, 0.3) is 11.0 Å². The molecule has 0 aliphatic carbocycles. The van der Waals surface area contributed by atoms with Crippen molar-refractivity contribution in [1.29, 1.82) is 0 Å². The summed E-state index contributed by atoms with van der Waals surface area (Å²) < 4.78 is 16.6. The molecule has 2 fully saturated rings. The summed E-state index contributed by atoms with van der Waals surface area (Å²) in [6.07, 6.45) is 0. The minimum absolute atomic E-state index is 0.343. The van der Waals surface area contributed by atoms with E-state index >= 15 is 0 Å². The standard InChI is InChI=1S/C10H9Br2N3O.C8H6Br2N2.C3H5IO/c1-5-9-10(7(11)2-8(12)13-9)15(14-5)6-3-16-4-6;1-4-8-5(3-11-4)6(9)2-7(10)12-8;4-3-1-5-2-3/h2,6H,3-4H2,1H3;2H,3H2,1H3;3H,1-2H2. The number of halogens is 5. The monoisotopic (exact) mass is 817 g/mol. The molecule has 3 aromatic heterocycles. The summed E-state index contributed by atoms with van der Waals surface area (Å²) in [6, 6.07) is 4.24. The maximum absolute atomic E-state index is 5.21. The normalized spacial score (nSPS) is 17.2. The van der Waals surface area contributed by atoms with Crippen LogP contribution < -0.4 is 0 Å². The lowest BCUT2D eigenvalue weighted by atomic mass is 10.2. The molecule has 0 unspecified atom stereocenters. The van der Waals surface area contributed by atoms with Crippen molar-refractivity contribution in [1.82, 2.24) is 19.7 Å². The van der Waals surface area contributed by atoms with Crippen molar-refractivity contribution in [2.24, 2.45) is 4.99 Å². The Morgan fingerprint density at radius 2 is 1.55 bits per heavy atom. The molecule has 2 saturated heterocycles. The Kier molecular flexibility index (Phi) is 8.99. The lowest BCUT2D eigenvalue weighted by Gasteiger charge is -2.26. The molecule has 7 nitrogen and oxygen atoms in total. The van der Waals surface area contributed by atoms with Gasteiger partial charge in [0.25, 0.3) is 0 Å². The van der Waals surface area contributed by atoms with Gasteiger partial charge in [-0.1, -0.05) is 38.5 Å². The number of fused-ring (bicyclic) bond motifs is 2. The summed E-state index contributed by atoms with van der Waals surface area (Å²) in [5.41, 5.74) is 6.16. The van der Waals surface area contributed by atoms with Gasteiger partial charge in [0.15, 0.2) is 0 Å². The highest BCUT2D eigenvalue weighted by molar-refractivity contribution is 14.1. The Morgan fingerprint density at radius 3 is 2.12 bits per heavy atom. The van der Waals surface area contributed by atoms with E-state index in [2.05, 4.69) is 106 Å². The third kappa shape index (κ3) is 6.05. The Hall–Kier alpha value is 0.01000. The lowest BCUT2D eigenvalue weighted by molar-refractivity contribution is -0.0268. The molecule has 3 aliphatic heterocycles. The SMILES string of the molecule is CC1=NCc2c(Br)cc(Br)nc21.Cc1nn(C2COC2)c2c(Br)cc(Br)nc12.IC1COC1. The number of hydrogen-bond acceptors (Lipinski definition) is 6. The number of aryl methyl sites for hydroxylation is 1. The second-order valence-electron chi connectivity index (χ2n) is 7.64. The third-order valence-corrected chi connectivity index (χ3v) is 8.01. The van der Waals surface area contributed by atoms with Crippen LogP contribution in [0, 0.1) is 6.92 Å². The molecule has 0 bridgehead atoms. The molecular formula is C21H20Br4IN5O2. The Labute approximate surface area is 239 Å². The molecular weight excluding hydrogens is 801 g/mol. The molecule has 0 saturated carbocycles.